The number of phenols is 2. The van der Waals surface area contributed by atoms with Crippen LogP contribution in [0.15, 0.2) is 47.6 Å². The molecule has 0 atom stereocenters. The normalized spacial score (nSPS) is 10.6. The average Bonchev–Trinajstić information content (AvgIpc) is 2.50. The summed E-state index contributed by atoms with van der Waals surface area (Å²) >= 11 is 2.18. The standard InChI is InChI=1S/C15H13IN2O4/c16-11-2-4-12(5-3-11)22-9-15(21)18-17-8-10-1-6-13(19)14(20)7-10/h1-8,19-20H,9H2,(H,18,21). The van der Waals surface area contributed by atoms with Crippen molar-refractivity contribution in [1.82, 2.24) is 5.43 Å². The van der Waals surface area contributed by atoms with E-state index < -0.39 is 5.91 Å². The summed E-state index contributed by atoms with van der Waals surface area (Å²) in [5.41, 5.74) is 2.84. The van der Waals surface area contributed by atoms with Crippen molar-refractivity contribution in [3.8, 4) is 17.2 Å². The molecule has 0 aliphatic heterocycles. The molecule has 0 fully saturated rings. The first-order valence-electron chi connectivity index (χ1n) is 6.27. The fraction of sp³-hybridized carbons (Fsp3) is 0.0667. The topological polar surface area (TPSA) is 91.2 Å². The number of hydrazone groups is 1. The molecule has 0 saturated heterocycles. The van der Waals surface area contributed by atoms with Gasteiger partial charge in [0.1, 0.15) is 5.75 Å². The van der Waals surface area contributed by atoms with Crippen LogP contribution in [0.3, 0.4) is 0 Å². The van der Waals surface area contributed by atoms with Gasteiger partial charge in [-0.1, -0.05) is 0 Å². The molecule has 2 aromatic carbocycles. The Labute approximate surface area is 140 Å². The molecule has 0 aromatic heterocycles. The van der Waals surface area contributed by atoms with Crippen LogP contribution in [0.5, 0.6) is 17.2 Å². The molecule has 114 valence electrons. The molecule has 0 saturated carbocycles. The highest BCUT2D eigenvalue weighted by Gasteiger charge is 2.02. The lowest BCUT2D eigenvalue weighted by atomic mass is 10.2. The van der Waals surface area contributed by atoms with E-state index in [-0.39, 0.29) is 18.1 Å². The number of ether oxygens (including phenoxy) is 1. The lowest BCUT2D eigenvalue weighted by molar-refractivity contribution is -0.123. The van der Waals surface area contributed by atoms with E-state index in [0.29, 0.717) is 11.3 Å². The molecule has 3 N–H and O–H groups in total. The SMILES string of the molecule is O=C(COc1ccc(I)cc1)NN=Cc1ccc(O)c(O)c1. The number of nitrogens with zero attached hydrogens (tertiary/aromatic N) is 1. The zero-order valence-corrected chi connectivity index (χ0v) is 13.5. The van der Waals surface area contributed by atoms with Gasteiger partial charge < -0.3 is 14.9 Å². The number of carbonyl (C=O) groups excluding carboxylic acids is 1. The Morgan fingerprint density at radius 3 is 2.59 bits per heavy atom. The molecule has 0 aliphatic carbocycles. The van der Waals surface area contributed by atoms with Crippen LogP contribution in [0.4, 0.5) is 0 Å². The summed E-state index contributed by atoms with van der Waals surface area (Å²) in [5.74, 6) is -0.273. The molecule has 0 aliphatic rings. The minimum atomic E-state index is -0.405. The third kappa shape index (κ3) is 4.92. The molecule has 0 unspecified atom stereocenters. The van der Waals surface area contributed by atoms with Gasteiger partial charge in [-0.15, -0.1) is 0 Å². The number of amides is 1. The third-order valence-corrected chi connectivity index (χ3v) is 3.31. The zero-order chi connectivity index (χ0) is 15.9. The molecule has 22 heavy (non-hydrogen) atoms. The highest BCUT2D eigenvalue weighted by molar-refractivity contribution is 14.1. The number of halogens is 1. The summed E-state index contributed by atoms with van der Waals surface area (Å²) in [6, 6.07) is 11.5. The van der Waals surface area contributed by atoms with Gasteiger partial charge in [0.25, 0.3) is 5.91 Å². The second kappa shape index (κ2) is 7.64. The van der Waals surface area contributed by atoms with Gasteiger partial charge in [0, 0.05) is 3.57 Å². The molecule has 2 aromatic rings. The van der Waals surface area contributed by atoms with Crippen molar-refractivity contribution in [3.05, 3.63) is 51.6 Å². The van der Waals surface area contributed by atoms with E-state index in [0.717, 1.165) is 3.57 Å². The van der Waals surface area contributed by atoms with Crippen LogP contribution < -0.4 is 10.2 Å². The van der Waals surface area contributed by atoms with Crippen molar-refractivity contribution in [2.75, 3.05) is 6.61 Å². The summed E-state index contributed by atoms with van der Waals surface area (Å²) in [7, 11) is 0. The molecular weight excluding hydrogens is 399 g/mol. The van der Waals surface area contributed by atoms with E-state index in [2.05, 4.69) is 33.1 Å². The number of carbonyl (C=O) groups is 1. The van der Waals surface area contributed by atoms with Crippen LogP contribution in [0.2, 0.25) is 0 Å². The lowest BCUT2D eigenvalue weighted by Crippen LogP contribution is -2.24. The first kappa shape index (κ1) is 16.1. The van der Waals surface area contributed by atoms with Gasteiger partial charge in [0.05, 0.1) is 6.21 Å². The smallest absolute Gasteiger partial charge is 0.277 e. The fourth-order valence-electron chi connectivity index (χ4n) is 1.51. The molecular formula is C15H13IN2O4. The maximum atomic E-state index is 11.6. The Morgan fingerprint density at radius 2 is 1.91 bits per heavy atom. The number of aromatic hydroxyl groups is 2. The predicted octanol–water partition coefficient (Wildman–Crippen LogP) is 2.23. The van der Waals surface area contributed by atoms with Gasteiger partial charge in [-0.2, -0.15) is 5.10 Å². The van der Waals surface area contributed by atoms with Gasteiger partial charge in [-0.25, -0.2) is 5.43 Å². The van der Waals surface area contributed by atoms with Crippen LogP contribution in [0.25, 0.3) is 0 Å². The van der Waals surface area contributed by atoms with Crippen molar-refractivity contribution < 1.29 is 19.7 Å². The van der Waals surface area contributed by atoms with E-state index in [4.69, 9.17) is 4.74 Å². The number of phenolic OH excluding ortho intramolecular Hbond substituents is 2. The number of nitrogens with one attached hydrogen (secondary N) is 1. The van der Waals surface area contributed by atoms with E-state index in [1.807, 2.05) is 12.1 Å². The van der Waals surface area contributed by atoms with Crippen molar-refractivity contribution in [2.45, 2.75) is 0 Å². The molecule has 0 heterocycles. The summed E-state index contributed by atoms with van der Waals surface area (Å²) in [6.07, 6.45) is 1.35. The van der Waals surface area contributed by atoms with Gasteiger partial charge in [0.2, 0.25) is 0 Å². The molecule has 0 spiro atoms. The Bertz CT molecular complexity index is 686. The Hall–Kier alpha value is -2.29. The summed E-state index contributed by atoms with van der Waals surface area (Å²) in [4.78, 5) is 11.6. The van der Waals surface area contributed by atoms with E-state index in [1.54, 1.807) is 18.2 Å². The van der Waals surface area contributed by atoms with Crippen molar-refractivity contribution in [2.24, 2.45) is 5.10 Å². The van der Waals surface area contributed by atoms with Crippen LogP contribution in [0, 0.1) is 3.57 Å². The quantitative estimate of drug-likeness (QED) is 0.304. The summed E-state index contributed by atoms with van der Waals surface area (Å²) < 4.78 is 6.38. The highest BCUT2D eigenvalue weighted by atomic mass is 127. The molecule has 6 nitrogen and oxygen atoms in total. The number of hydrogen-bond donors (Lipinski definition) is 3. The molecule has 1 amide bonds. The van der Waals surface area contributed by atoms with Crippen LogP contribution in [-0.2, 0) is 4.79 Å². The van der Waals surface area contributed by atoms with E-state index in [9.17, 15) is 15.0 Å². The third-order valence-electron chi connectivity index (χ3n) is 2.59. The van der Waals surface area contributed by atoms with E-state index >= 15 is 0 Å². The fourth-order valence-corrected chi connectivity index (χ4v) is 1.87. The Balaban J connectivity index is 1.80. The maximum absolute atomic E-state index is 11.6. The number of benzene rings is 2. The minimum absolute atomic E-state index is 0.154. The average molecular weight is 412 g/mol. The maximum Gasteiger partial charge on any atom is 0.277 e. The summed E-state index contributed by atoms with van der Waals surface area (Å²) in [5, 5.41) is 22.2. The van der Waals surface area contributed by atoms with Crippen molar-refractivity contribution in [1.29, 1.82) is 0 Å². The zero-order valence-electron chi connectivity index (χ0n) is 11.4. The molecule has 7 heteroatoms. The van der Waals surface area contributed by atoms with E-state index in [1.165, 1.54) is 18.3 Å². The molecule has 0 bridgehead atoms. The Morgan fingerprint density at radius 1 is 1.18 bits per heavy atom. The first-order chi connectivity index (χ1) is 10.5. The van der Waals surface area contributed by atoms with Crippen LogP contribution >= 0.6 is 22.6 Å². The van der Waals surface area contributed by atoms with Gasteiger partial charge >= 0.3 is 0 Å². The Kier molecular flexibility index (Phi) is 5.59. The van der Waals surface area contributed by atoms with Crippen molar-refractivity contribution >= 4 is 34.7 Å². The minimum Gasteiger partial charge on any atom is -0.504 e. The number of rotatable bonds is 5. The van der Waals surface area contributed by atoms with Crippen molar-refractivity contribution in [3.63, 3.8) is 0 Å². The summed E-state index contributed by atoms with van der Waals surface area (Å²) in [6.45, 7) is -0.154. The van der Waals surface area contributed by atoms with Gasteiger partial charge in [0.15, 0.2) is 18.1 Å². The second-order valence-corrected chi connectivity index (χ2v) is 5.53. The second-order valence-electron chi connectivity index (χ2n) is 4.28. The largest absolute Gasteiger partial charge is 0.504 e. The lowest BCUT2D eigenvalue weighted by Gasteiger charge is -2.04. The monoisotopic (exact) mass is 412 g/mol. The molecule has 2 rings (SSSR count). The van der Waals surface area contributed by atoms with Gasteiger partial charge in [-0.3, -0.25) is 4.79 Å². The number of hydrogen-bond acceptors (Lipinski definition) is 5. The molecule has 0 radical (unpaired) electrons. The highest BCUT2D eigenvalue weighted by Crippen LogP contribution is 2.23. The van der Waals surface area contributed by atoms with Crippen LogP contribution in [0.1, 0.15) is 5.56 Å². The first-order valence-corrected chi connectivity index (χ1v) is 7.35. The predicted molar refractivity (Wildman–Crippen MR) is 90.2 cm³/mol. The van der Waals surface area contributed by atoms with Crippen LogP contribution in [-0.4, -0.2) is 28.9 Å². The van der Waals surface area contributed by atoms with Gasteiger partial charge in [-0.05, 0) is 70.6 Å².